The van der Waals surface area contributed by atoms with Gasteiger partial charge in [-0.15, -0.1) is 5.10 Å². The van der Waals surface area contributed by atoms with Crippen LogP contribution in [0.15, 0.2) is 24.5 Å². The zero-order valence-electron chi connectivity index (χ0n) is 8.77. The van der Waals surface area contributed by atoms with Gasteiger partial charge in [0.25, 0.3) is 5.82 Å². The van der Waals surface area contributed by atoms with E-state index in [0.29, 0.717) is 16.6 Å². The molecule has 0 radical (unpaired) electrons. The van der Waals surface area contributed by atoms with Gasteiger partial charge in [0, 0.05) is 16.6 Å². The van der Waals surface area contributed by atoms with Gasteiger partial charge in [0.15, 0.2) is 0 Å². The molecule has 0 amide bonds. The molecule has 0 saturated heterocycles. The summed E-state index contributed by atoms with van der Waals surface area (Å²) in [6, 6.07) is 7.28. The third-order valence-corrected chi connectivity index (χ3v) is 2.62. The van der Waals surface area contributed by atoms with Crippen molar-refractivity contribution in [1.29, 1.82) is 5.26 Å². The molecule has 0 atom stereocenters. The molecule has 0 aliphatic heterocycles. The molecule has 0 aliphatic carbocycles. The molecule has 0 N–H and O–H groups in total. The Hall–Kier alpha value is -1.57. The third kappa shape index (κ3) is 3.19. The molecule has 0 spiro atoms. The molecule has 4 nitrogen and oxygen atoms in total. The predicted molar refractivity (Wildman–Crippen MR) is 64.9 cm³/mol. The minimum Gasteiger partial charge on any atom is -0.251 e. The largest absolute Gasteiger partial charge is 0.252 e. The lowest BCUT2D eigenvalue weighted by Gasteiger charge is -2.03. The normalized spacial score (nSPS) is 10.2. The molecule has 0 unspecified atom stereocenters. The van der Waals surface area contributed by atoms with Crippen molar-refractivity contribution in [3.63, 3.8) is 0 Å². The van der Waals surface area contributed by atoms with Crippen LogP contribution in [-0.4, -0.2) is 14.8 Å². The van der Waals surface area contributed by atoms with Crippen molar-refractivity contribution >= 4 is 23.2 Å². The maximum absolute atomic E-state index is 8.59. The van der Waals surface area contributed by atoms with Crippen LogP contribution in [0.3, 0.4) is 0 Å². The van der Waals surface area contributed by atoms with E-state index in [-0.39, 0.29) is 5.82 Å². The SMILES string of the molecule is N#Cc1ncn(CCc2cc(Cl)cc(Cl)c2)n1. The highest BCUT2D eigenvalue weighted by atomic mass is 35.5. The lowest BCUT2D eigenvalue weighted by molar-refractivity contribution is 0.611. The summed E-state index contributed by atoms with van der Waals surface area (Å²) < 4.78 is 1.62. The second-order valence-electron chi connectivity index (χ2n) is 3.47. The molecule has 1 aromatic carbocycles. The van der Waals surface area contributed by atoms with Crippen LogP contribution >= 0.6 is 23.2 Å². The first-order valence-electron chi connectivity index (χ1n) is 4.92. The molecule has 86 valence electrons. The average molecular weight is 267 g/mol. The topological polar surface area (TPSA) is 54.5 Å². The van der Waals surface area contributed by atoms with E-state index in [4.69, 9.17) is 28.5 Å². The standard InChI is InChI=1S/C11H8Cl2N4/c12-9-3-8(4-10(13)5-9)1-2-17-7-15-11(6-14)16-17/h3-5,7H,1-2H2. The van der Waals surface area contributed by atoms with E-state index in [9.17, 15) is 0 Å². The Kier molecular flexibility index (Phi) is 3.62. The lowest BCUT2D eigenvalue weighted by Crippen LogP contribution is -2.02. The van der Waals surface area contributed by atoms with Crippen molar-refractivity contribution in [3.8, 4) is 6.07 Å². The Balaban J connectivity index is 2.04. The quantitative estimate of drug-likeness (QED) is 0.859. The fraction of sp³-hybridized carbons (Fsp3) is 0.182. The van der Waals surface area contributed by atoms with Gasteiger partial charge in [-0.05, 0) is 30.2 Å². The Labute approximate surface area is 108 Å². The van der Waals surface area contributed by atoms with Crippen LogP contribution in [0, 0.1) is 11.3 Å². The Morgan fingerprint density at radius 3 is 2.53 bits per heavy atom. The molecule has 6 heteroatoms. The maximum atomic E-state index is 8.59. The van der Waals surface area contributed by atoms with Crippen LogP contribution in [0.2, 0.25) is 10.0 Å². The van der Waals surface area contributed by atoms with E-state index >= 15 is 0 Å². The van der Waals surface area contributed by atoms with E-state index in [1.807, 2.05) is 18.2 Å². The highest BCUT2D eigenvalue weighted by Crippen LogP contribution is 2.19. The number of nitriles is 1. The van der Waals surface area contributed by atoms with Gasteiger partial charge < -0.3 is 0 Å². The van der Waals surface area contributed by atoms with Gasteiger partial charge in [-0.1, -0.05) is 23.2 Å². The molecule has 2 aromatic rings. The predicted octanol–water partition coefficient (Wildman–Crippen LogP) is 2.70. The van der Waals surface area contributed by atoms with Gasteiger partial charge in [0.1, 0.15) is 12.4 Å². The number of rotatable bonds is 3. The van der Waals surface area contributed by atoms with E-state index in [1.54, 1.807) is 10.7 Å². The fourth-order valence-electron chi connectivity index (χ4n) is 1.45. The van der Waals surface area contributed by atoms with Crippen molar-refractivity contribution in [1.82, 2.24) is 14.8 Å². The van der Waals surface area contributed by atoms with Gasteiger partial charge in [0.2, 0.25) is 0 Å². The van der Waals surface area contributed by atoms with E-state index in [0.717, 1.165) is 12.0 Å². The molecular formula is C11H8Cl2N4. The highest BCUT2D eigenvalue weighted by Gasteiger charge is 2.01. The summed E-state index contributed by atoms with van der Waals surface area (Å²) in [5.74, 6) is 0.175. The first-order chi connectivity index (χ1) is 8.17. The second kappa shape index (κ2) is 5.17. The van der Waals surface area contributed by atoms with Crippen LogP contribution in [-0.2, 0) is 13.0 Å². The second-order valence-corrected chi connectivity index (χ2v) is 4.34. The Morgan fingerprint density at radius 1 is 1.24 bits per heavy atom. The maximum Gasteiger partial charge on any atom is 0.252 e. The van der Waals surface area contributed by atoms with Crippen LogP contribution in [0.25, 0.3) is 0 Å². The number of nitrogens with zero attached hydrogens (tertiary/aromatic N) is 4. The number of halogens is 2. The number of aromatic nitrogens is 3. The lowest BCUT2D eigenvalue weighted by atomic mass is 10.1. The van der Waals surface area contributed by atoms with Gasteiger partial charge in [0.05, 0.1) is 0 Å². The summed E-state index contributed by atoms with van der Waals surface area (Å²) in [5.41, 5.74) is 1.02. The molecule has 0 bridgehead atoms. The van der Waals surface area contributed by atoms with Gasteiger partial charge in [-0.25, -0.2) is 4.98 Å². The molecule has 0 fully saturated rings. The summed E-state index contributed by atoms with van der Waals surface area (Å²) in [7, 11) is 0. The summed E-state index contributed by atoms with van der Waals surface area (Å²) in [6.07, 6.45) is 2.26. The van der Waals surface area contributed by atoms with Crippen molar-refractivity contribution in [3.05, 3.63) is 46.0 Å². The third-order valence-electron chi connectivity index (χ3n) is 2.19. The van der Waals surface area contributed by atoms with Crippen LogP contribution in [0.1, 0.15) is 11.4 Å². The van der Waals surface area contributed by atoms with E-state index in [1.165, 1.54) is 6.33 Å². The van der Waals surface area contributed by atoms with Crippen molar-refractivity contribution in [2.75, 3.05) is 0 Å². The number of hydrogen-bond donors (Lipinski definition) is 0. The molecule has 0 saturated carbocycles. The van der Waals surface area contributed by atoms with Crippen molar-refractivity contribution < 1.29 is 0 Å². The van der Waals surface area contributed by atoms with Crippen LogP contribution in [0.4, 0.5) is 0 Å². The Bertz CT molecular complexity index is 551. The zero-order chi connectivity index (χ0) is 12.3. The molecule has 0 aliphatic rings. The molecule has 1 aromatic heterocycles. The number of benzene rings is 1. The summed E-state index contributed by atoms with van der Waals surface area (Å²) >= 11 is 11.8. The summed E-state index contributed by atoms with van der Waals surface area (Å²) in [4.78, 5) is 3.82. The number of hydrogen-bond acceptors (Lipinski definition) is 3. The molecule has 17 heavy (non-hydrogen) atoms. The number of aryl methyl sites for hydroxylation is 2. The van der Waals surface area contributed by atoms with E-state index < -0.39 is 0 Å². The van der Waals surface area contributed by atoms with Crippen molar-refractivity contribution in [2.24, 2.45) is 0 Å². The zero-order valence-corrected chi connectivity index (χ0v) is 10.3. The fourth-order valence-corrected chi connectivity index (χ4v) is 2.02. The van der Waals surface area contributed by atoms with Crippen LogP contribution < -0.4 is 0 Å². The summed E-state index contributed by atoms with van der Waals surface area (Å²) in [6.45, 7) is 0.630. The van der Waals surface area contributed by atoms with Crippen molar-refractivity contribution in [2.45, 2.75) is 13.0 Å². The average Bonchev–Trinajstić information content (AvgIpc) is 2.73. The smallest absolute Gasteiger partial charge is 0.251 e. The minimum atomic E-state index is 0.175. The highest BCUT2D eigenvalue weighted by molar-refractivity contribution is 6.34. The first kappa shape index (κ1) is 11.9. The minimum absolute atomic E-state index is 0.175. The molecule has 2 rings (SSSR count). The first-order valence-corrected chi connectivity index (χ1v) is 5.67. The Morgan fingerprint density at radius 2 is 1.94 bits per heavy atom. The van der Waals surface area contributed by atoms with Gasteiger partial charge in [-0.2, -0.15) is 5.26 Å². The molecule has 1 heterocycles. The van der Waals surface area contributed by atoms with Crippen LogP contribution in [0.5, 0.6) is 0 Å². The van der Waals surface area contributed by atoms with Gasteiger partial charge >= 0.3 is 0 Å². The molecular weight excluding hydrogens is 259 g/mol. The van der Waals surface area contributed by atoms with E-state index in [2.05, 4.69) is 10.1 Å². The van der Waals surface area contributed by atoms with Gasteiger partial charge in [-0.3, -0.25) is 4.68 Å². The monoisotopic (exact) mass is 266 g/mol. The summed E-state index contributed by atoms with van der Waals surface area (Å²) in [5, 5.41) is 13.8.